The van der Waals surface area contributed by atoms with E-state index in [1.807, 2.05) is 27.7 Å². The van der Waals surface area contributed by atoms with Crippen LogP contribution in [-0.4, -0.2) is 18.5 Å². The topological polar surface area (TPSA) is 55.4 Å². The zero-order chi connectivity index (χ0) is 17.9. The van der Waals surface area contributed by atoms with E-state index < -0.39 is 0 Å². The van der Waals surface area contributed by atoms with Crippen LogP contribution in [-0.2, 0) is 22.4 Å². The van der Waals surface area contributed by atoms with Crippen molar-refractivity contribution >= 4 is 28.2 Å². The maximum atomic E-state index is 12.4. The Kier molecular flexibility index (Phi) is 6.07. The van der Waals surface area contributed by atoms with E-state index in [0.29, 0.717) is 29.5 Å². The fourth-order valence-electron chi connectivity index (χ4n) is 3.16. The molecule has 0 saturated heterocycles. The van der Waals surface area contributed by atoms with Crippen LogP contribution in [0.25, 0.3) is 0 Å². The highest BCUT2D eigenvalue weighted by atomic mass is 32.1. The lowest BCUT2D eigenvalue weighted by Gasteiger charge is -2.21. The van der Waals surface area contributed by atoms with Gasteiger partial charge in [0.15, 0.2) is 0 Å². The van der Waals surface area contributed by atoms with Crippen molar-refractivity contribution in [2.24, 2.45) is 11.3 Å². The molecule has 1 heterocycles. The summed E-state index contributed by atoms with van der Waals surface area (Å²) in [7, 11) is 0. The molecule has 1 aliphatic carbocycles. The third-order valence-corrected chi connectivity index (χ3v) is 5.54. The molecule has 0 fully saturated rings. The molecule has 4 nitrogen and oxygen atoms in total. The Morgan fingerprint density at radius 3 is 2.58 bits per heavy atom. The molecule has 1 atom stereocenters. The van der Waals surface area contributed by atoms with Crippen molar-refractivity contribution in [3.8, 4) is 0 Å². The maximum Gasteiger partial charge on any atom is 0.341 e. The molecule has 1 amide bonds. The summed E-state index contributed by atoms with van der Waals surface area (Å²) >= 11 is 1.56. The van der Waals surface area contributed by atoms with Crippen molar-refractivity contribution in [2.45, 2.75) is 66.7 Å². The van der Waals surface area contributed by atoms with Gasteiger partial charge < -0.3 is 10.1 Å². The van der Waals surface area contributed by atoms with Gasteiger partial charge >= 0.3 is 5.97 Å². The van der Waals surface area contributed by atoms with Crippen molar-refractivity contribution in [1.29, 1.82) is 0 Å². The Bertz CT molecular complexity index is 613. The molecule has 0 spiro atoms. The number of thiophene rings is 1. The van der Waals surface area contributed by atoms with Gasteiger partial charge in [-0.25, -0.2) is 4.79 Å². The van der Waals surface area contributed by atoms with E-state index in [0.717, 1.165) is 31.2 Å². The highest BCUT2D eigenvalue weighted by molar-refractivity contribution is 7.17. The van der Waals surface area contributed by atoms with Crippen molar-refractivity contribution < 1.29 is 14.3 Å². The van der Waals surface area contributed by atoms with Crippen molar-refractivity contribution in [2.75, 3.05) is 11.9 Å². The molecule has 1 N–H and O–H groups in total. The van der Waals surface area contributed by atoms with Gasteiger partial charge in [0, 0.05) is 11.3 Å². The lowest BCUT2D eigenvalue weighted by molar-refractivity contribution is -0.117. The second-order valence-corrected chi connectivity index (χ2v) is 8.84. The molecule has 24 heavy (non-hydrogen) atoms. The molecule has 0 aliphatic heterocycles. The summed E-state index contributed by atoms with van der Waals surface area (Å²) in [4.78, 5) is 26.0. The first-order chi connectivity index (χ1) is 11.2. The molecule has 1 unspecified atom stereocenters. The van der Waals surface area contributed by atoms with Crippen LogP contribution in [0.4, 0.5) is 5.00 Å². The Balaban J connectivity index is 2.30. The highest BCUT2D eigenvalue weighted by Crippen LogP contribution is 2.41. The van der Waals surface area contributed by atoms with Crippen molar-refractivity contribution in [3.63, 3.8) is 0 Å². The second-order valence-electron chi connectivity index (χ2n) is 7.73. The Morgan fingerprint density at radius 1 is 1.29 bits per heavy atom. The van der Waals surface area contributed by atoms with Gasteiger partial charge in [0.05, 0.1) is 12.2 Å². The number of hydrogen-bond acceptors (Lipinski definition) is 4. The molecule has 2 rings (SSSR count). The minimum absolute atomic E-state index is 0.0429. The van der Waals surface area contributed by atoms with Gasteiger partial charge in [-0.05, 0) is 43.1 Å². The first-order valence-corrected chi connectivity index (χ1v) is 9.68. The normalized spacial score (nSPS) is 17.3. The molecule has 0 saturated carbocycles. The summed E-state index contributed by atoms with van der Waals surface area (Å²) in [5.74, 6) is 0.319. The maximum absolute atomic E-state index is 12.4. The number of esters is 1. The number of rotatable bonds is 5. The molecule has 1 aliphatic rings. The molecule has 0 aromatic carbocycles. The summed E-state index contributed by atoms with van der Waals surface area (Å²) in [5, 5.41) is 3.65. The summed E-state index contributed by atoms with van der Waals surface area (Å²) < 4.78 is 5.25. The first-order valence-electron chi connectivity index (χ1n) is 8.86. The number of ether oxygens (including phenoxy) is 1. The van der Waals surface area contributed by atoms with Crippen LogP contribution >= 0.6 is 11.3 Å². The Hall–Kier alpha value is -1.36. The van der Waals surface area contributed by atoms with E-state index in [4.69, 9.17) is 4.74 Å². The lowest BCUT2D eigenvalue weighted by atomic mass is 9.85. The number of carbonyl (C=O) groups excluding carboxylic acids is 2. The van der Waals surface area contributed by atoms with Gasteiger partial charge in [-0.2, -0.15) is 0 Å². The zero-order valence-corrected chi connectivity index (χ0v) is 16.3. The van der Waals surface area contributed by atoms with Gasteiger partial charge in [0.1, 0.15) is 5.00 Å². The SMILES string of the molecule is CCOC(=O)c1c(NC(=O)CC(C)(C)C)sc2c1CCC(CC)C2. The molecule has 0 radical (unpaired) electrons. The summed E-state index contributed by atoms with van der Waals surface area (Å²) in [6, 6.07) is 0. The largest absolute Gasteiger partial charge is 0.462 e. The number of hydrogen-bond donors (Lipinski definition) is 1. The van der Waals surface area contributed by atoms with E-state index in [2.05, 4.69) is 12.2 Å². The third kappa shape index (κ3) is 4.59. The molecule has 5 heteroatoms. The predicted octanol–water partition coefficient (Wildman–Crippen LogP) is 4.81. The number of amides is 1. The Morgan fingerprint density at radius 2 is 2.00 bits per heavy atom. The Labute approximate surface area is 149 Å². The van der Waals surface area contributed by atoms with Crippen LogP contribution in [0.1, 0.15) is 74.7 Å². The summed E-state index contributed by atoms with van der Waals surface area (Å²) in [5.41, 5.74) is 1.60. The monoisotopic (exact) mass is 351 g/mol. The molecular formula is C19H29NO3S. The number of anilines is 1. The predicted molar refractivity (Wildman–Crippen MR) is 98.8 cm³/mol. The van der Waals surface area contributed by atoms with Crippen LogP contribution in [0.5, 0.6) is 0 Å². The van der Waals surface area contributed by atoms with Crippen LogP contribution in [0, 0.1) is 11.3 Å². The van der Waals surface area contributed by atoms with Gasteiger partial charge in [0.2, 0.25) is 5.91 Å². The highest BCUT2D eigenvalue weighted by Gasteiger charge is 2.30. The van der Waals surface area contributed by atoms with Gasteiger partial charge in [-0.1, -0.05) is 34.1 Å². The number of carbonyl (C=O) groups is 2. The average Bonchev–Trinajstić information content (AvgIpc) is 2.81. The fourth-order valence-corrected chi connectivity index (χ4v) is 4.53. The van der Waals surface area contributed by atoms with Crippen LogP contribution in [0.2, 0.25) is 0 Å². The van der Waals surface area contributed by atoms with Gasteiger partial charge in [-0.15, -0.1) is 11.3 Å². The summed E-state index contributed by atoms with van der Waals surface area (Å²) in [6.45, 7) is 10.5. The number of nitrogens with one attached hydrogen (secondary N) is 1. The first kappa shape index (κ1) is 19.0. The smallest absolute Gasteiger partial charge is 0.341 e. The van der Waals surface area contributed by atoms with E-state index >= 15 is 0 Å². The average molecular weight is 352 g/mol. The minimum atomic E-state index is -0.309. The van der Waals surface area contributed by atoms with Crippen LogP contribution in [0.15, 0.2) is 0 Å². The molecule has 1 aromatic heterocycles. The van der Waals surface area contributed by atoms with Crippen molar-refractivity contribution in [1.82, 2.24) is 0 Å². The molecular weight excluding hydrogens is 322 g/mol. The van der Waals surface area contributed by atoms with E-state index in [-0.39, 0.29) is 17.3 Å². The quantitative estimate of drug-likeness (QED) is 0.774. The molecule has 0 bridgehead atoms. The minimum Gasteiger partial charge on any atom is -0.462 e. The third-order valence-electron chi connectivity index (χ3n) is 4.37. The number of fused-ring (bicyclic) bond motifs is 1. The lowest BCUT2D eigenvalue weighted by Crippen LogP contribution is -2.21. The van der Waals surface area contributed by atoms with E-state index in [9.17, 15) is 9.59 Å². The fraction of sp³-hybridized carbons (Fsp3) is 0.684. The summed E-state index contributed by atoms with van der Waals surface area (Å²) in [6.07, 6.45) is 4.57. The molecule has 1 aromatic rings. The zero-order valence-electron chi connectivity index (χ0n) is 15.5. The second kappa shape index (κ2) is 7.68. The van der Waals surface area contributed by atoms with Gasteiger partial charge in [0.25, 0.3) is 0 Å². The van der Waals surface area contributed by atoms with Crippen LogP contribution < -0.4 is 5.32 Å². The van der Waals surface area contributed by atoms with Gasteiger partial charge in [-0.3, -0.25) is 4.79 Å². The van der Waals surface area contributed by atoms with Crippen LogP contribution in [0.3, 0.4) is 0 Å². The van der Waals surface area contributed by atoms with E-state index in [1.165, 1.54) is 4.88 Å². The standard InChI is InChI=1S/C19H29NO3S/c1-6-12-8-9-13-14(10-12)24-17(16(13)18(22)23-7-2)20-15(21)11-19(3,4)5/h12H,6-11H2,1-5H3,(H,20,21). The van der Waals surface area contributed by atoms with E-state index in [1.54, 1.807) is 11.3 Å². The van der Waals surface area contributed by atoms with Crippen molar-refractivity contribution in [3.05, 3.63) is 16.0 Å². The molecule has 134 valence electrons.